The first-order chi connectivity index (χ1) is 12.7. The Bertz CT molecular complexity index is 920. The molecule has 3 heteroatoms. The van der Waals surface area contributed by atoms with E-state index in [0.717, 1.165) is 23.2 Å². The molecule has 26 heavy (non-hydrogen) atoms. The normalized spacial score (nSPS) is 15.6. The van der Waals surface area contributed by atoms with Crippen molar-refractivity contribution in [3.63, 3.8) is 0 Å². The van der Waals surface area contributed by atoms with Crippen LogP contribution in [0.15, 0.2) is 78.9 Å². The highest BCUT2D eigenvalue weighted by atomic mass is 16.2. The lowest BCUT2D eigenvalue weighted by molar-refractivity contribution is -0.115. The molecule has 0 spiro atoms. The van der Waals surface area contributed by atoms with Crippen LogP contribution in [0.3, 0.4) is 0 Å². The summed E-state index contributed by atoms with van der Waals surface area (Å²) >= 11 is 0. The molecule has 1 aliphatic heterocycles. The van der Waals surface area contributed by atoms with Gasteiger partial charge in [-0.2, -0.15) is 0 Å². The van der Waals surface area contributed by atoms with Crippen molar-refractivity contribution in [3.05, 3.63) is 84.4 Å². The summed E-state index contributed by atoms with van der Waals surface area (Å²) in [6.45, 7) is 2.53. The van der Waals surface area contributed by atoms with Crippen LogP contribution in [0.2, 0.25) is 0 Å². The minimum Gasteiger partial charge on any atom is -0.359 e. The van der Waals surface area contributed by atoms with E-state index >= 15 is 0 Å². The van der Waals surface area contributed by atoms with Crippen LogP contribution in [0.1, 0.15) is 12.5 Å². The Balaban J connectivity index is 1.53. The van der Waals surface area contributed by atoms with Crippen molar-refractivity contribution in [2.24, 2.45) is 0 Å². The Morgan fingerprint density at radius 2 is 1.65 bits per heavy atom. The first-order valence-corrected chi connectivity index (χ1v) is 9.01. The average Bonchev–Trinajstić information content (AvgIpc) is 2.98. The smallest absolute Gasteiger partial charge is 0.243 e. The topological polar surface area (TPSA) is 32.3 Å². The molecule has 1 heterocycles. The highest BCUT2D eigenvalue weighted by Crippen LogP contribution is 2.32. The van der Waals surface area contributed by atoms with E-state index in [9.17, 15) is 4.79 Å². The van der Waals surface area contributed by atoms with Gasteiger partial charge in [0.15, 0.2) is 0 Å². The highest BCUT2D eigenvalue weighted by molar-refractivity contribution is 5.98. The monoisotopic (exact) mass is 342 g/mol. The second-order valence-electron chi connectivity index (χ2n) is 6.77. The molecular weight excluding hydrogens is 320 g/mol. The lowest BCUT2D eigenvalue weighted by Gasteiger charge is -2.24. The van der Waals surface area contributed by atoms with Gasteiger partial charge < -0.3 is 10.2 Å². The number of carbonyl (C=O) groups is 1. The summed E-state index contributed by atoms with van der Waals surface area (Å²) in [6.07, 6.45) is 0.990. The van der Waals surface area contributed by atoms with Crippen molar-refractivity contribution in [1.29, 1.82) is 0 Å². The molecule has 0 bridgehead atoms. The number of anilines is 2. The fourth-order valence-electron chi connectivity index (χ4n) is 3.68. The van der Waals surface area contributed by atoms with E-state index in [1.54, 1.807) is 0 Å². The SMILES string of the molecule is C[C@H]1Cc2ccccc2N1CC(=O)Nc1ccccc1-c1ccccc1. The molecule has 0 aliphatic carbocycles. The van der Waals surface area contributed by atoms with E-state index in [2.05, 4.69) is 47.5 Å². The summed E-state index contributed by atoms with van der Waals surface area (Å²) in [5.41, 5.74) is 5.48. The molecule has 3 aromatic rings. The maximum Gasteiger partial charge on any atom is 0.243 e. The number of nitrogens with zero attached hydrogens (tertiary/aromatic N) is 1. The fraction of sp³-hybridized carbons (Fsp3) is 0.174. The Morgan fingerprint density at radius 3 is 2.50 bits per heavy atom. The van der Waals surface area contributed by atoms with Crippen molar-refractivity contribution >= 4 is 17.3 Å². The van der Waals surface area contributed by atoms with E-state index in [4.69, 9.17) is 0 Å². The molecule has 0 aromatic heterocycles. The predicted octanol–water partition coefficient (Wildman–Crippen LogP) is 4.74. The molecular formula is C23H22N2O. The third kappa shape index (κ3) is 3.21. The number of nitrogens with one attached hydrogen (secondary N) is 1. The van der Waals surface area contributed by atoms with Gasteiger partial charge in [0.05, 0.1) is 6.54 Å². The van der Waals surface area contributed by atoms with Gasteiger partial charge in [-0.15, -0.1) is 0 Å². The second-order valence-corrected chi connectivity index (χ2v) is 6.77. The maximum absolute atomic E-state index is 12.8. The van der Waals surface area contributed by atoms with Crippen LogP contribution in [-0.2, 0) is 11.2 Å². The summed E-state index contributed by atoms with van der Waals surface area (Å²) in [4.78, 5) is 14.9. The first-order valence-electron chi connectivity index (χ1n) is 9.01. The number of fused-ring (bicyclic) bond motifs is 1. The van der Waals surface area contributed by atoms with Gasteiger partial charge in [-0.3, -0.25) is 4.79 Å². The summed E-state index contributed by atoms with van der Waals surface area (Å²) in [6, 6.07) is 26.8. The number of amides is 1. The zero-order chi connectivity index (χ0) is 17.9. The van der Waals surface area contributed by atoms with Gasteiger partial charge in [0.2, 0.25) is 5.91 Å². The van der Waals surface area contributed by atoms with Crippen LogP contribution in [0.5, 0.6) is 0 Å². The molecule has 0 fully saturated rings. The predicted molar refractivity (Wildman–Crippen MR) is 107 cm³/mol. The third-order valence-electron chi connectivity index (χ3n) is 4.95. The minimum atomic E-state index is 0.0111. The molecule has 1 amide bonds. The van der Waals surface area contributed by atoms with Crippen LogP contribution in [0, 0.1) is 0 Å². The molecule has 130 valence electrons. The Labute approximate surface area is 154 Å². The van der Waals surface area contributed by atoms with Crippen molar-refractivity contribution in [2.75, 3.05) is 16.8 Å². The lowest BCUT2D eigenvalue weighted by atomic mass is 10.0. The molecule has 0 saturated heterocycles. The number of hydrogen-bond acceptors (Lipinski definition) is 2. The van der Waals surface area contributed by atoms with E-state index in [1.807, 2.05) is 48.5 Å². The van der Waals surface area contributed by atoms with Gasteiger partial charge in [0, 0.05) is 23.0 Å². The van der Waals surface area contributed by atoms with Gasteiger partial charge >= 0.3 is 0 Å². The Hall–Kier alpha value is -3.07. The van der Waals surface area contributed by atoms with Gasteiger partial charge in [-0.25, -0.2) is 0 Å². The quantitative estimate of drug-likeness (QED) is 0.742. The van der Waals surface area contributed by atoms with Gasteiger partial charge in [-0.05, 0) is 36.6 Å². The maximum atomic E-state index is 12.8. The summed E-state index contributed by atoms with van der Waals surface area (Å²) in [7, 11) is 0. The summed E-state index contributed by atoms with van der Waals surface area (Å²) in [5, 5.41) is 3.11. The van der Waals surface area contributed by atoms with Crippen LogP contribution in [-0.4, -0.2) is 18.5 Å². The number of carbonyl (C=O) groups excluding carboxylic acids is 1. The van der Waals surface area contributed by atoms with E-state index in [-0.39, 0.29) is 5.91 Å². The second kappa shape index (κ2) is 7.04. The lowest BCUT2D eigenvalue weighted by Crippen LogP contribution is -2.37. The van der Waals surface area contributed by atoms with Crippen LogP contribution < -0.4 is 10.2 Å². The zero-order valence-corrected chi connectivity index (χ0v) is 14.9. The van der Waals surface area contributed by atoms with E-state index < -0.39 is 0 Å². The van der Waals surface area contributed by atoms with Crippen molar-refractivity contribution in [3.8, 4) is 11.1 Å². The van der Waals surface area contributed by atoms with Gasteiger partial charge in [0.1, 0.15) is 0 Å². The molecule has 1 aliphatic rings. The molecule has 1 atom stereocenters. The van der Waals surface area contributed by atoms with Crippen LogP contribution >= 0.6 is 0 Å². The van der Waals surface area contributed by atoms with Crippen LogP contribution in [0.25, 0.3) is 11.1 Å². The number of benzene rings is 3. The van der Waals surface area contributed by atoms with Gasteiger partial charge in [0.25, 0.3) is 0 Å². The molecule has 0 saturated carbocycles. The van der Waals surface area contributed by atoms with Crippen molar-refractivity contribution < 1.29 is 4.79 Å². The third-order valence-corrected chi connectivity index (χ3v) is 4.95. The summed E-state index contributed by atoms with van der Waals surface area (Å²) < 4.78 is 0. The molecule has 4 rings (SSSR count). The van der Waals surface area contributed by atoms with Crippen molar-refractivity contribution in [2.45, 2.75) is 19.4 Å². The minimum absolute atomic E-state index is 0.0111. The molecule has 0 unspecified atom stereocenters. The largest absolute Gasteiger partial charge is 0.359 e. The van der Waals surface area contributed by atoms with Crippen molar-refractivity contribution in [1.82, 2.24) is 0 Å². The zero-order valence-electron chi connectivity index (χ0n) is 14.9. The first kappa shape index (κ1) is 16.4. The standard InChI is InChI=1S/C23H22N2O/c1-17-15-19-11-5-8-14-22(19)25(17)16-23(26)24-21-13-7-6-12-20(21)18-9-3-2-4-10-18/h2-14,17H,15-16H2,1H3,(H,24,26)/t17-/m0/s1. The van der Waals surface area contributed by atoms with E-state index in [0.29, 0.717) is 12.6 Å². The number of rotatable bonds is 4. The van der Waals surface area contributed by atoms with Gasteiger partial charge in [-0.1, -0.05) is 66.7 Å². The fourth-order valence-corrected chi connectivity index (χ4v) is 3.68. The number of para-hydroxylation sites is 2. The Kier molecular flexibility index (Phi) is 4.44. The molecule has 3 aromatic carbocycles. The molecule has 3 nitrogen and oxygen atoms in total. The summed E-state index contributed by atoms with van der Waals surface area (Å²) in [5.74, 6) is 0.0111. The average molecular weight is 342 g/mol. The van der Waals surface area contributed by atoms with E-state index in [1.165, 1.54) is 11.3 Å². The number of hydrogen-bond donors (Lipinski definition) is 1. The van der Waals surface area contributed by atoms with Crippen LogP contribution in [0.4, 0.5) is 11.4 Å². The molecule has 1 N–H and O–H groups in total. The Morgan fingerprint density at radius 1 is 0.962 bits per heavy atom. The highest BCUT2D eigenvalue weighted by Gasteiger charge is 2.27. The molecule has 0 radical (unpaired) electrons.